The molecule has 0 fully saturated rings. The van der Waals surface area contributed by atoms with Gasteiger partial charge in [0.1, 0.15) is 5.75 Å². The summed E-state index contributed by atoms with van der Waals surface area (Å²) in [6.07, 6.45) is 0. The zero-order valence-electron chi connectivity index (χ0n) is 16.6. The summed E-state index contributed by atoms with van der Waals surface area (Å²) >= 11 is 0. The number of amides is 1. The first-order valence-electron chi connectivity index (χ1n) is 9.17. The second-order valence-electron chi connectivity index (χ2n) is 6.55. The third kappa shape index (κ3) is 5.01. The van der Waals surface area contributed by atoms with E-state index in [0.29, 0.717) is 11.3 Å². The molecule has 0 spiro atoms. The molecule has 0 saturated heterocycles. The third-order valence-corrected chi connectivity index (χ3v) is 4.36. The minimum Gasteiger partial charge on any atom is -0.496 e. The molecule has 3 rings (SSSR count). The smallest absolute Gasteiger partial charge is 0.338 e. The zero-order valence-corrected chi connectivity index (χ0v) is 16.6. The molecule has 0 radical (unpaired) electrons. The first-order chi connectivity index (χ1) is 14.0. The highest BCUT2D eigenvalue weighted by molar-refractivity contribution is 5.91. The second kappa shape index (κ2) is 9.05. The molecule has 0 unspecified atom stereocenters. The van der Waals surface area contributed by atoms with Crippen molar-refractivity contribution >= 4 is 11.9 Å². The second-order valence-corrected chi connectivity index (χ2v) is 6.55. The Morgan fingerprint density at radius 3 is 2.45 bits per heavy atom. The van der Waals surface area contributed by atoms with Gasteiger partial charge >= 0.3 is 5.97 Å². The van der Waals surface area contributed by atoms with Gasteiger partial charge in [-0.3, -0.25) is 4.79 Å². The van der Waals surface area contributed by atoms with E-state index < -0.39 is 5.97 Å². The maximum atomic E-state index is 12.2. The molecule has 1 amide bonds. The topological polar surface area (TPSA) is 82.5 Å². The van der Waals surface area contributed by atoms with E-state index in [1.54, 1.807) is 36.1 Å². The SMILES string of the molecule is COc1ccccc1CNC(=O)COC(=O)c1ccc(-n2nc(C)cc2C)cc1. The predicted octanol–water partition coefficient (Wildman–Crippen LogP) is 2.97. The molecular weight excluding hydrogens is 370 g/mol. The van der Waals surface area contributed by atoms with Crippen LogP contribution in [0.1, 0.15) is 27.3 Å². The summed E-state index contributed by atoms with van der Waals surface area (Å²) in [5.74, 6) is -0.256. The summed E-state index contributed by atoms with van der Waals surface area (Å²) in [4.78, 5) is 24.2. The Balaban J connectivity index is 1.52. The molecule has 1 aromatic heterocycles. The van der Waals surface area contributed by atoms with Crippen molar-refractivity contribution in [1.29, 1.82) is 0 Å². The summed E-state index contributed by atoms with van der Waals surface area (Å²) in [6, 6.07) is 16.3. The first-order valence-corrected chi connectivity index (χ1v) is 9.17. The number of esters is 1. The summed E-state index contributed by atoms with van der Waals surface area (Å²) in [7, 11) is 1.57. The number of carbonyl (C=O) groups is 2. The Hall–Kier alpha value is -3.61. The van der Waals surface area contributed by atoms with E-state index in [1.807, 2.05) is 44.2 Å². The minimum absolute atomic E-state index is 0.289. The van der Waals surface area contributed by atoms with Gasteiger partial charge in [-0.1, -0.05) is 18.2 Å². The Morgan fingerprint density at radius 2 is 1.79 bits per heavy atom. The highest BCUT2D eigenvalue weighted by atomic mass is 16.5. The van der Waals surface area contributed by atoms with E-state index in [4.69, 9.17) is 9.47 Å². The maximum Gasteiger partial charge on any atom is 0.338 e. The summed E-state index contributed by atoms with van der Waals surface area (Å²) in [6.45, 7) is 3.82. The monoisotopic (exact) mass is 393 g/mol. The predicted molar refractivity (Wildman–Crippen MR) is 108 cm³/mol. The number of aromatic nitrogens is 2. The van der Waals surface area contributed by atoms with E-state index in [-0.39, 0.29) is 19.1 Å². The summed E-state index contributed by atoms with van der Waals surface area (Å²) < 4.78 is 12.1. The van der Waals surface area contributed by atoms with E-state index in [2.05, 4.69) is 10.4 Å². The molecule has 0 saturated carbocycles. The molecule has 1 heterocycles. The van der Waals surface area contributed by atoms with Crippen LogP contribution in [0, 0.1) is 13.8 Å². The number of aryl methyl sites for hydroxylation is 2. The van der Waals surface area contributed by atoms with Crippen LogP contribution in [-0.2, 0) is 16.1 Å². The molecule has 150 valence electrons. The van der Waals surface area contributed by atoms with Crippen molar-refractivity contribution in [2.75, 3.05) is 13.7 Å². The number of hydrogen-bond acceptors (Lipinski definition) is 5. The standard InChI is InChI=1S/C22H23N3O4/c1-15-12-16(2)25(24-15)19-10-8-17(9-11-19)22(27)29-14-21(26)23-13-18-6-4-5-7-20(18)28-3/h4-12H,13-14H2,1-3H3,(H,23,26). The van der Waals surface area contributed by atoms with E-state index in [1.165, 1.54) is 0 Å². The van der Waals surface area contributed by atoms with Gasteiger partial charge in [-0.05, 0) is 50.2 Å². The molecule has 29 heavy (non-hydrogen) atoms. The van der Waals surface area contributed by atoms with Gasteiger partial charge in [0, 0.05) is 17.8 Å². The van der Waals surface area contributed by atoms with Crippen LogP contribution in [-0.4, -0.2) is 35.4 Å². The molecule has 7 heteroatoms. The van der Waals surface area contributed by atoms with Gasteiger partial charge in [0.15, 0.2) is 6.61 Å². The Kier molecular flexibility index (Phi) is 6.29. The van der Waals surface area contributed by atoms with E-state index in [9.17, 15) is 9.59 Å². The Labute approximate surface area is 169 Å². The van der Waals surface area contributed by atoms with Crippen LogP contribution in [0.5, 0.6) is 5.75 Å². The van der Waals surface area contributed by atoms with Gasteiger partial charge in [-0.2, -0.15) is 5.10 Å². The van der Waals surface area contributed by atoms with Gasteiger partial charge in [0.2, 0.25) is 0 Å². The fourth-order valence-electron chi connectivity index (χ4n) is 2.94. The molecule has 3 aromatic rings. The van der Waals surface area contributed by atoms with Crippen LogP contribution in [0.15, 0.2) is 54.6 Å². The number of carbonyl (C=O) groups excluding carboxylic acids is 2. The van der Waals surface area contributed by atoms with Crippen molar-refractivity contribution in [3.63, 3.8) is 0 Å². The maximum absolute atomic E-state index is 12.2. The molecule has 0 aliphatic heterocycles. The lowest BCUT2D eigenvalue weighted by atomic mass is 10.2. The number of benzene rings is 2. The lowest BCUT2D eigenvalue weighted by Crippen LogP contribution is -2.28. The summed E-state index contributed by atoms with van der Waals surface area (Å²) in [5.41, 5.74) is 3.98. The van der Waals surface area contributed by atoms with Gasteiger partial charge < -0.3 is 14.8 Å². The number of nitrogens with one attached hydrogen (secondary N) is 1. The largest absolute Gasteiger partial charge is 0.496 e. The van der Waals surface area contributed by atoms with Crippen molar-refractivity contribution in [3.05, 3.63) is 77.1 Å². The van der Waals surface area contributed by atoms with Crippen LogP contribution in [0.2, 0.25) is 0 Å². The molecule has 1 N–H and O–H groups in total. The molecule has 2 aromatic carbocycles. The molecule has 0 aliphatic carbocycles. The van der Waals surface area contributed by atoms with Crippen molar-refractivity contribution < 1.29 is 19.1 Å². The Bertz CT molecular complexity index is 1010. The van der Waals surface area contributed by atoms with Crippen LogP contribution in [0.4, 0.5) is 0 Å². The average Bonchev–Trinajstić information content (AvgIpc) is 3.08. The quantitative estimate of drug-likeness (QED) is 0.624. The number of nitrogens with zero attached hydrogens (tertiary/aromatic N) is 2. The van der Waals surface area contributed by atoms with Crippen LogP contribution in [0.25, 0.3) is 5.69 Å². The van der Waals surface area contributed by atoms with Crippen molar-refractivity contribution in [1.82, 2.24) is 15.1 Å². The summed E-state index contributed by atoms with van der Waals surface area (Å²) in [5, 5.41) is 7.12. The van der Waals surface area contributed by atoms with Crippen molar-refractivity contribution in [2.24, 2.45) is 0 Å². The van der Waals surface area contributed by atoms with Gasteiger partial charge in [0.05, 0.1) is 24.1 Å². The third-order valence-electron chi connectivity index (χ3n) is 4.36. The molecule has 7 nitrogen and oxygen atoms in total. The molecule has 0 atom stereocenters. The number of hydrogen-bond donors (Lipinski definition) is 1. The number of rotatable bonds is 7. The lowest BCUT2D eigenvalue weighted by Gasteiger charge is -2.10. The van der Waals surface area contributed by atoms with E-state index in [0.717, 1.165) is 22.6 Å². The molecule has 0 aliphatic rings. The highest BCUT2D eigenvalue weighted by Gasteiger charge is 2.12. The van der Waals surface area contributed by atoms with Crippen LogP contribution in [0.3, 0.4) is 0 Å². The number of methoxy groups -OCH3 is 1. The lowest BCUT2D eigenvalue weighted by molar-refractivity contribution is -0.124. The fourth-order valence-corrected chi connectivity index (χ4v) is 2.94. The Morgan fingerprint density at radius 1 is 1.07 bits per heavy atom. The fraction of sp³-hybridized carbons (Fsp3) is 0.227. The molecule has 0 bridgehead atoms. The molecular formula is C22H23N3O4. The average molecular weight is 393 g/mol. The van der Waals surface area contributed by atoms with Crippen molar-refractivity contribution in [2.45, 2.75) is 20.4 Å². The van der Waals surface area contributed by atoms with Gasteiger partial charge in [0.25, 0.3) is 5.91 Å². The highest BCUT2D eigenvalue weighted by Crippen LogP contribution is 2.17. The number of para-hydroxylation sites is 1. The minimum atomic E-state index is -0.558. The first kappa shape index (κ1) is 20.1. The van der Waals surface area contributed by atoms with Gasteiger partial charge in [-0.15, -0.1) is 0 Å². The number of ether oxygens (including phenoxy) is 2. The zero-order chi connectivity index (χ0) is 20.8. The van der Waals surface area contributed by atoms with Crippen LogP contribution >= 0.6 is 0 Å². The van der Waals surface area contributed by atoms with Gasteiger partial charge in [-0.25, -0.2) is 9.48 Å². The van der Waals surface area contributed by atoms with Crippen LogP contribution < -0.4 is 10.1 Å². The van der Waals surface area contributed by atoms with E-state index >= 15 is 0 Å². The normalized spacial score (nSPS) is 10.4. The van der Waals surface area contributed by atoms with Crippen molar-refractivity contribution in [3.8, 4) is 11.4 Å².